The standard InChI is InChI=1S/C11H20N2O2/c1-2-9-3-4-11(15)13(7-5-9)8-6-10(12)14/h9H,2-8H2,1H3,(H2,12,14). The Kier molecular flexibility index (Phi) is 4.59. The fraction of sp³-hybridized carbons (Fsp3) is 0.818. The summed E-state index contributed by atoms with van der Waals surface area (Å²) in [6.07, 6.45) is 4.08. The smallest absolute Gasteiger partial charge is 0.222 e. The molecule has 2 N–H and O–H groups in total. The van der Waals surface area contributed by atoms with Crippen LogP contribution in [0.1, 0.15) is 39.0 Å². The van der Waals surface area contributed by atoms with Crippen LogP contribution in [0.25, 0.3) is 0 Å². The van der Waals surface area contributed by atoms with Crippen LogP contribution in [0.4, 0.5) is 0 Å². The van der Waals surface area contributed by atoms with Crippen LogP contribution in [0.15, 0.2) is 0 Å². The third kappa shape index (κ3) is 3.90. The van der Waals surface area contributed by atoms with Crippen molar-refractivity contribution in [2.24, 2.45) is 11.7 Å². The molecule has 0 radical (unpaired) electrons. The fourth-order valence-corrected chi connectivity index (χ4v) is 1.98. The number of hydrogen-bond donors (Lipinski definition) is 1. The van der Waals surface area contributed by atoms with Crippen LogP contribution in [-0.2, 0) is 9.59 Å². The number of nitrogens with two attached hydrogens (primary N) is 1. The molecule has 0 aromatic rings. The third-order valence-corrected chi connectivity index (χ3v) is 3.13. The molecule has 0 aliphatic carbocycles. The molecule has 1 atom stereocenters. The summed E-state index contributed by atoms with van der Waals surface area (Å²) < 4.78 is 0. The Morgan fingerprint density at radius 3 is 2.87 bits per heavy atom. The maximum atomic E-state index is 11.7. The van der Waals surface area contributed by atoms with Gasteiger partial charge >= 0.3 is 0 Å². The van der Waals surface area contributed by atoms with E-state index in [4.69, 9.17) is 5.73 Å². The number of rotatable bonds is 4. The molecule has 4 nitrogen and oxygen atoms in total. The normalized spacial score (nSPS) is 22.6. The van der Waals surface area contributed by atoms with Gasteiger partial charge in [-0.2, -0.15) is 0 Å². The van der Waals surface area contributed by atoms with Crippen molar-refractivity contribution >= 4 is 11.8 Å². The highest BCUT2D eigenvalue weighted by Crippen LogP contribution is 2.20. The Morgan fingerprint density at radius 1 is 1.53 bits per heavy atom. The summed E-state index contributed by atoms with van der Waals surface area (Å²) in [5, 5.41) is 0. The predicted octanol–water partition coefficient (Wildman–Crippen LogP) is 0.901. The number of carbonyl (C=O) groups excluding carboxylic acids is 2. The number of nitrogens with zero attached hydrogens (tertiary/aromatic N) is 1. The molecule has 0 bridgehead atoms. The minimum absolute atomic E-state index is 0.173. The molecule has 0 aromatic heterocycles. The van der Waals surface area contributed by atoms with Crippen LogP contribution < -0.4 is 5.73 Å². The van der Waals surface area contributed by atoms with Gasteiger partial charge in [0.1, 0.15) is 0 Å². The zero-order valence-corrected chi connectivity index (χ0v) is 9.37. The Hall–Kier alpha value is -1.06. The first-order valence-corrected chi connectivity index (χ1v) is 5.69. The molecule has 4 heteroatoms. The maximum Gasteiger partial charge on any atom is 0.222 e. The molecule has 1 saturated heterocycles. The first kappa shape index (κ1) is 12.0. The summed E-state index contributed by atoms with van der Waals surface area (Å²) in [6.45, 7) is 3.43. The highest BCUT2D eigenvalue weighted by atomic mass is 16.2. The molecule has 1 unspecified atom stereocenters. The monoisotopic (exact) mass is 212 g/mol. The van der Waals surface area contributed by atoms with Crippen LogP contribution in [-0.4, -0.2) is 29.8 Å². The second kappa shape index (κ2) is 5.73. The first-order valence-electron chi connectivity index (χ1n) is 5.69. The van der Waals surface area contributed by atoms with E-state index in [1.54, 1.807) is 4.90 Å². The summed E-state index contributed by atoms with van der Waals surface area (Å²) in [4.78, 5) is 24.1. The molecule has 1 aliphatic heterocycles. The van der Waals surface area contributed by atoms with E-state index in [0.29, 0.717) is 18.9 Å². The van der Waals surface area contributed by atoms with Gasteiger partial charge in [0.05, 0.1) is 0 Å². The van der Waals surface area contributed by atoms with Crippen molar-refractivity contribution in [3.05, 3.63) is 0 Å². The van der Waals surface area contributed by atoms with Crippen molar-refractivity contribution in [2.45, 2.75) is 39.0 Å². The second-order valence-electron chi connectivity index (χ2n) is 4.20. The predicted molar refractivity (Wildman–Crippen MR) is 58.0 cm³/mol. The van der Waals surface area contributed by atoms with Gasteiger partial charge in [0.15, 0.2) is 0 Å². The van der Waals surface area contributed by atoms with E-state index in [9.17, 15) is 9.59 Å². The maximum absolute atomic E-state index is 11.7. The van der Waals surface area contributed by atoms with Gasteiger partial charge in [-0.25, -0.2) is 0 Å². The zero-order valence-electron chi connectivity index (χ0n) is 9.37. The zero-order chi connectivity index (χ0) is 11.3. The molecular formula is C11H20N2O2. The Morgan fingerprint density at radius 2 is 2.27 bits per heavy atom. The third-order valence-electron chi connectivity index (χ3n) is 3.13. The number of primary amides is 1. The van der Waals surface area contributed by atoms with Crippen molar-refractivity contribution in [1.29, 1.82) is 0 Å². The Labute approximate surface area is 90.8 Å². The number of likely N-dealkylation sites (tertiary alicyclic amines) is 1. The van der Waals surface area contributed by atoms with Gasteiger partial charge in [0.2, 0.25) is 11.8 Å². The van der Waals surface area contributed by atoms with Crippen LogP contribution in [0.2, 0.25) is 0 Å². The highest BCUT2D eigenvalue weighted by Gasteiger charge is 2.21. The van der Waals surface area contributed by atoms with E-state index in [2.05, 4.69) is 6.92 Å². The molecule has 1 aliphatic rings. The number of amides is 2. The Bertz CT molecular complexity index is 241. The van der Waals surface area contributed by atoms with Crippen molar-refractivity contribution < 1.29 is 9.59 Å². The van der Waals surface area contributed by atoms with E-state index in [-0.39, 0.29) is 18.2 Å². The lowest BCUT2D eigenvalue weighted by atomic mass is 9.98. The molecule has 15 heavy (non-hydrogen) atoms. The minimum Gasteiger partial charge on any atom is -0.370 e. The first-order chi connectivity index (χ1) is 7.13. The van der Waals surface area contributed by atoms with Crippen molar-refractivity contribution in [2.75, 3.05) is 13.1 Å². The molecule has 1 heterocycles. The van der Waals surface area contributed by atoms with E-state index in [1.165, 1.54) is 0 Å². The summed E-state index contributed by atoms with van der Waals surface area (Å²) >= 11 is 0. The van der Waals surface area contributed by atoms with Gasteiger partial charge in [-0.05, 0) is 18.8 Å². The minimum atomic E-state index is -0.334. The van der Waals surface area contributed by atoms with E-state index < -0.39 is 0 Å². The lowest BCUT2D eigenvalue weighted by molar-refractivity contribution is -0.131. The SMILES string of the molecule is CCC1CCC(=O)N(CCC(N)=O)CC1. The van der Waals surface area contributed by atoms with Crippen LogP contribution >= 0.6 is 0 Å². The van der Waals surface area contributed by atoms with E-state index in [0.717, 1.165) is 25.8 Å². The average Bonchev–Trinajstić information content (AvgIpc) is 2.37. The second-order valence-corrected chi connectivity index (χ2v) is 4.20. The van der Waals surface area contributed by atoms with Crippen molar-refractivity contribution in [3.63, 3.8) is 0 Å². The van der Waals surface area contributed by atoms with Gasteiger partial charge in [-0.15, -0.1) is 0 Å². The molecule has 0 saturated carbocycles. The largest absolute Gasteiger partial charge is 0.370 e. The fourth-order valence-electron chi connectivity index (χ4n) is 1.98. The van der Waals surface area contributed by atoms with E-state index in [1.807, 2.05) is 0 Å². The molecule has 86 valence electrons. The quantitative estimate of drug-likeness (QED) is 0.752. The van der Waals surface area contributed by atoms with Gasteiger partial charge in [0.25, 0.3) is 0 Å². The molecular weight excluding hydrogens is 192 g/mol. The molecule has 0 aromatic carbocycles. The summed E-state index contributed by atoms with van der Waals surface area (Å²) in [5.74, 6) is 0.499. The van der Waals surface area contributed by atoms with Gasteiger partial charge in [0, 0.05) is 25.9 Å². The number of carbonyl (C=O) groups is 2. The van der Waals surface area contributed by atoms with Crippen molar-refractivity contribution in [3.8, 4) is 0 Å². The van der Waals surface area contributed by atoms with Gasteiger partial charge < -0.3 is 10.6 Å². The molecule has 1 fully saturated rings. The summed E-state index contributed by atoms with van der Waals surface area (Å²) in [5.41, 5.74) is 5.07. The lowest BCUT2D eigenvalue weighted by Crippen LogP contribution is -2.33. The molecule has 1 rings (SSSR count). The molecule has 0 spiro atoms. The van der Waals surface area contributed by atoms with Crippen LogP contribution in [0.5, 0.6) is 0 Å². The van der Waals surface area contributed by atoms with Gasteiger partial charge in [-0.1, -0.05) is 13.3 Å². The topological polar surface area (TPSA) is 63.4 Å². The Balaban J connectivity index is 2.42. The summed E-state index contributed by atoms with van der Waals surface area (Å²) in [6, 6.07) is 0. The lowest BCUT2D eigenvalue weighted by Gasteiger charge is -2.19. The summed E-state index contributed by atoms with van der Waals surface area (Å²) in [7, 11) is 0. The number of hydrogen-bond acceptors (Lipinski definition) is 2. The van der Waals surface area contributed by atoms with Crippen LogP contribution in [0.3, 0.4) is 0 Å². The van der Waals surface area contributed by atoms with Gasteiger partial charge in [-0.3, -0.25) is 9.59 Å². The highest BCUT2D eigenvalue weighted by molar-refractivity contribution is 5.78. The van der Waals surface area contributed by atoms with Crippen LogP contribution in [0, 0.1) is 5.92 Å². The van der Waals surface area contributed by atoms with Crippen molar-refractivity contribution in [1.82, 2.24) is 4.90 Å². The molecule has 2 amide bonds. The average molecular weight is 212 g/mol. The van der Waals surface area contributed by atoms with E-state index >= 15 is 0 Å².